The number of hydrogen-bond donors (Lipinski definition) is 2. The van der Waals surface area contributed by atoms with Crippen LogP contribution in [0.1, 0.15) is 15.9 Å². The summed E-state index contributed by atoms with van der Waals surface area (Å²) < 4.78 is 0.924. The predicted molar refractivity (Wildman–Crippen MR) is 66.8 cm³/mol. The number of likely N-dealkylation sites (tertiary alicyclic amines) is 1. The molecular formula is C12H14BrNO3. The number of nitrogens with zero attached hydrogens (tertiary/aromatic N) is 1. The summed E-state index contributed by atoms with van der Waals surface area (Å²) in [5, 5.41) is 18.9. The van der Waals surface area contributed by atoms with Crippen LogP contribution in [0.5, 0.6) is 0 Å². The monoisotopic (exact) mass is 299 g/mol. The molecule has 17 heavy (non-hydrogen) atoms. The molecule has 2 atom stereocenters. The summed E-state index contributed by atoms with van der Waals surface area (Å²) in [5.74, 6) is -0.148. The minimum Gasteiger partial charge on any atom is -0.388 e. The fraction of sp³-hybridized carbons (Fsp3) is 0.417. The molecule has 2 unspecified atom stereocenters. The number of aryl methyl sites for hydroxylation is 1. The first kappa shape index (κ1) is 12.5. The number of rotatable bonds is 1. The molecule has 1 saturated heterocycles. The van der Waals surface area contributed by atoms with E-state index in [0.29, 0.717) is 5.56 Å². The maximum absolute atomic E-state index is 12.2. The zero-order valence-corrected chi connectivity index (χ0v) is 11.0. The maximum Gasteiger partial charge on any atom is 0.254 e. The molecule has 2 N–H and O–H groups in total. The van der Waals surface area contributed by atoms with Gasteiger partial charge in [0.1, 0.15) is 0 Å². The van der Waals surface area contributed by atoms with Crippen LogP contribution in [0.3, 0.4) is 0 Å². The fourth-order valence-electron chi connectivity index (χ4n) is 1.97. The molecule has 0 bridgehead atoms. The number of aliphatic hydroxyl groups is 2. The van der Waals surface area contributed by atoms with Gasteiger partial charge in [-0.2, -0.15) is 0 Å². The number of hydrogen-bond acceptors (Lipinski definition) is 3. The second-order valence-corrected chi connectivity index (χ2v) is 5.22. The SMILES string of the molecule is Cc1cc(Br)ccc1C(=O)N1CC(O)C(O)C1. The van der Waals surface area contributed by atoms with Gasteiger partial charge in [-0.05, 0) is 30.7 Å². The van der Waals surface area contributed by atoms with Crippen LogP contribution in [-0.4, -0.2) is 46.3 Å². The van der Waals surface area contributed by atoms with Crippen molar-refractivity contribution in [1.29, 1.82) is 0 Å². The second kappa shape index (κ2) is 4.76. The first-order valence-electron chi connectivity index (χ1n) is 5.40. The number of carbonyl (C=O) groups excluding carboxylic acids is 1. The second-order valence-electron chi connectivity index (χ2n) is 4.30. The Morgan fingerprint density at radius 3 is 2.47 bits per heavy atom. The smallest absolute Gasteiger partial charge is 0.254 e. The Morgan fingerprint density at radius 2 is 1.94 bits per heavy atom. The molecule has 1 heterocycles. The van der Waals surface area contributed by atoms with Crippen LogP contribution in [0.2, 0.25) is 0 Å². The quantitative estimate of drug-likeness (QED) is 0.811. The summed E-state index contributed by atoms with van der Waals surface area (Å²) in [4.78, 5) is 13.6. The highest BCUT2D eigenvalue weighted by molar-refractivity contribution is 9.10. The topological polar surface area (TPSA) is 60.8 Å². The van der Waals surface area contributed by atoms with Crippen molar-refractivity contribution >= 4 is 21.8 Å². The summed E-state index contributed by atoms with van der Waals surface area (Å²) in [6, 6.07) is 5.43. The van der Waals surface area contributed by atoms with Gasteiger partial charge in [-0.3, -0.25) is 4.79 Å². The first-order valence-corrected chi connectivity index (χ1v) is 6.20. The fourth-order valence-corrected chi connectivity index (χ4v) is 2.45. The highest BCUT2D eigenvalue weighted by atomic mass is 79.9. The minimum atomic E-state index is -0.838. The zero-order valence-electron chi connectivity index (χ0n) is 9.43. The van der Waals surface area contributed by atoms with E-state index in [1.54, 1.807) is 6.07 Å². The number of aliphatic hydroxyl groups excluding tert-OH is 2. The molecule has 4 nitrogen and oxygen atoms in total. The standard InChI is InChI=1S/C12H14BrNO3/c1-7-4-8(13)2-3-9(7)12(17)14-5-10(15)11(16)6-14/h2-4,10-11,15-16H,5-6H2,1H3. The van der Waals surface area contributed by atoms with Crippen molar-refractivity contribution < 1.29 is 15.0 Å². The van der Waals surface area contributed by atoms with E-state index in [0.717, 1.165) is 10.0 Å². The zero-order chi connectivity index (χ0) is 12.6. The number of benzene rings is 1. The van der Waals surface area contributed by atoms with E-state index in [1.165, 1.54) is 4.90 Å². The molecule has 0 aromatic heterocycles. The molecule has 5 heteroatoms. The molecule has 0 radical (unpaired) electrons. The third kappa shape index (κ3) is 2.51. The third-order valence-corrected chi connectivity index (χ3v) is 3.46. The Hall–Kier alpha value is -0.910. The Labute approximate surface area is 108 Å². The Bertz CT molecular complexity index is 439. The van der Waals surface area contributed by atoms with E-state index < -0.39 is 12.2 Å². The molecule has 0 spiro atoms. The molecule has 1 aromatic carbocycles. The average Bonchev–Trinajstić information content (AvgIpc) is 2.58. The summed E-state index contributed by atoms with van der Waals surface area (Å²) in [5.41, 5.74) is 1.48. The molecule has 92 valence electrons. The lowest BCUT2D eigenvalue weighted by molar-refractivity contribution is 0.0572. The first-order chi connectivity index (χ1) is 7.99. The molecule has 1 aromatic rings. The van der Waals surface area contributed by atoms with Crippen molar-refractivity contribution in [2.75, 3.05) is 13.1 Å². The Morgan fingerprint density at radius 1 is 1.35 bits per heavy atom. The van der Waals surface area contributed by atoms with Crippen molar-refractivity contribution in [1.82, 2.24) is 4.90 Å². The van der Waals surface area contributed by atoms with Gasteiger partial charge in [0.2, 0.25) is 0 Å². The highest BCUT2D eigenvalue weighted by Gasteiger charge is 2.33. The van der Waals surface area contributed by atoms with Gasteiger partial charge < -0.3 is 15.1 Å². The van der Waals surface area contributed by atoms with Crippen LogP contribution in [0.15, 0.2) is 22.7 Å². The van der Waals surface area contributed by atoms with Crippen molar-refractivity contribution in [3.05, 3.63) is 33.8 Å². The molecule has 0 saturated carbocycles. The molecular weight excluding hydrogens is 286 g/mol. The molecule has 1 amide bonds. The summed E-state index contributed by atoms with van der Waals surface area (Å²) in [6.07, 6.45) is -1.68. The van der Waals surface area contributed by atoms with Gasteiger partial charge in [0.25, 0.3) is 5.91 Å². The highest BCUT2D eigenvalue weighted by Crippen LogP contribution is 2.20. The number of β-amino-alcohol motifs (C(OH)–C–C–N with tert-alkyl or cyclic N) is 2. The van der Waals surface area contributed by atoms with E-state index in [9.17, 15) is 15.0 Å². The van der Waals surface area contributed by atoms with E-state index in [1.807, 2.05) is 19.1 Å². The van der Waals surface area contributed by atoms with E-state index in [2.05, 4.69) is 15.9 Å². The Balaban J connectivity index is 2.20. The average molecular weight is 300 g/mol. The molecule has 0 aliphatic carbocycles. The largest absolute Gasteiger partial charge is 0.388 e. The van der Waals surface area contributed by atoms with E-state index in [4.69, 9.17) is 0 Å². The predicted octanol–water partition coefficient (Wildman–Crippen LogP) is 0.935. The van der Waals surface area contributed by atoms with Crippen LogP contribution in [0.4, 0.5) is 0 Å². The van der Waals surface area contributed by atoms with Crippen LogP contribution in [-0.2, 0) is 0 Å². The normalized spacial score (nSPS) is 24.1. The van der Waals surface area contributed by atoms with Crippen molar-refractivity contribution in [2.45, 2.75) is 19.1 Å². The summed E-state index contributed by atoms with van der Waals surface area (Å²) >= 11 is 3.34. The maximum atomic E-state index is 12.2. The van der Waals surface area contributed by atoms with Gasteiger partial charge >= 0.3 is 0 Å². The summed E-state index contributed by atoms with van der Waals surface area (Å²) in [6.45, 7) is 2.24. The summed E-state index contributed by atoms with van der Waals surface area (Å²) in [7, 11) is 0. The van der Waals surface area contributed by atoms with Crippen molar-refractivity contribution in [3.8, 4) is 0 Å². The van der Waals surface area contributed by atoms with E-state index >= 15 is 0 Å². The van der Waals surface area contributed by atoms with E-state index in [-0.39, 0.29) is 19.0 Å². The van der Waals surface area contributed by atoms with Crippen LogP contribution in [0, 0.1) is 6.92 Å². The molecule has 1 aliphatic rings. The van der Waals surface area contributed by atoms with Gasteiger partial charge in [-0.25, -0.2) is 0 Å². The van der Waals surface area contributed by atoms with Crippen LogP contribution >= 0.6 is 15.9 Å². The van der Waals surface area contributed by atoms with Crippen LogP contribution < -0.4 is 0 Å². The lowest BCUT2D eigenvalue weighted by atomic mass is 10.1. The van der Waals surface area contributed by atoms with Crippen molar-refractivity contribution in [2.24, 2.45) is 0 Å². The van der Waals surface area contributed by atoms with Crippen molar-refractivity contribution in [3.63, 3.8) is 0 Å². The van der Waals surface area contributed by atoms with Gasteiger partial charge in [-0.15, -0.1) is 0 Å². The number of amides is 1. The molecule has 1 fully saturated rings. The van der Waals surface area contributed by atoms with Gasteiger partial charge in [0.05, 0.1) is 12.2 Å². The van der Waals surface area contributed by atoms with Crippen LogP contribution in [0.25, 0.3) is 0 Å². The third-order valence-electron chi connectivity index (χ3n) is 2.97. The van der Waals surface area contributed by atoms with Gasteiger partial charge in [0.15, 0.2) is 0 Å². The lowest BCUT2D eigenvalue weighted by Crippen LogP contribution is -2.30. The minimum absolute atomic E-state index is 0.148. The van der Waals surface area contributed by atoms with Gasteiger partial charge in [-0.1, -0.05) is 15.9 Å². The number of halogens is 1. The molecule has 2 rings (SSSR count). The Kier molecular flexibility index (Phi) is 3.51. The number of carbonyl (C=O) groups is 1. The molecule has 1 aliphatic heterocycles. The lowest BCUT2D eigenvalue weighted by Gasteiger charge is -2.16. The van der Waals surface area contributed by atoms with Gasteiger partial charge in [0, 0.05) is 23.1 Å².